The van der Waals surface area contributed by atoms with Gasteiger partial charge >= 0.3 is 12.4 Å². The van der Waals surface area contributed by atoms with Crippen LogP contribution in [-0.2, 0) is 52.4 Å². The van der Waals surface area contributed by atoms with Crippen molar-refractivity contribution in [2.24, 2.45) is 20.5 Å². The minimum Gasteiger partial charge on any atom is -0.482 e. The van der Waals surface area contributed by atoms with Crippen LogP contribution in [0.1, 0.15) is 39.8 Å². The molecule has 13 heteroatoms. The third-order valence-corrected chi connectivity index (χ3v) is 12.3. The van der Waals surface area contributed by atoms with Gasteiger partial charge in [-0.1, -0.05) is 121 Å². The number of alkyl halides is 6. The molecule has 1 aliphatic heterocycles. The second kappa shape index (κ2) is 21.8. The quantitative estimate of drug-likeness (QED) is 0.0804. The topological polar surface area (TPSA) is 92.8 Å². The van der Waals surface area contributed by atoms with Crippen LogP contribution in [0.4, 0.5) is 37.7 Å². The number of hydrogen-bond donors (Lipinski definition) is 0. The first-order valence-corrected chi connectivity index (χ1v) is 23.3. The summed E-state index contributed by atoms with van der Waals surface area (Å²) in [4.78, 5) is 28.7. The molecule has 0 bridgehead atoms. The number of nitrogens with zero attached hydrogens (tertiary/aromatic N) is 4. The lowest BCUT2D eigenvalue weighted by molar-refractivity contribution is -0.138. The highest BCUT2D eigenvalue weighted by Gasteiger charge is 2.33. The third-order valence-electron chi connectivity index (χ3n) is 12.3. The van der Waals surface area contributed by atoms with Gasteiger partial charge in [0.1, 0.15) is 23.3 Å². The number of ether oxygens (including phenoxy) is 1. The fourth-order valence-corrected chi connectivity index (χ4v) is 8.58. The normalized spacial score (nSPS) is 16.2. The summed E-state index contributed by atoms with van der Waals surface area (Å²) >= 11 is 0. The summed E-state index contributed by atoms with van der Waals surface area (Å²) in [7, 11) is 0. The van der Waals surface area contributed by atoms with E-state index in [1.54, 1.807) is 30.4 Å². The van der Waals surface area contributed by atoms with Gasteiger partial charge in [-0.05, 0) is 101 Å². The van der Waals surface area contributed by atoms with Crippen LogP contribution in [0.15, 0.2) is 271 Å². The lowest BCUT2D eigenvalue weighted by atomic mass is 9.86. The van der Waals surface area contributed by atoms with Crippen LogP contribution in [0.3, 0.4) is 0 Å². The zero-order valence-electron chi connectivity index (χ0n) is 38.9. The van der Waals surface area contributed by atoms with Crippen LogP contribution in [0.2, 0.25) is 0 Å². The van der Waals surface area contributed by atoms with Crippen LogP contribution in [0.25, 0.3) is 0 Å². The minimum absolute atomic E-state index is 0.113. The summed E-state index contributed by atoms with van der Waals surface area (Å²) < 4.78 is 88.4. The van der Waals surface area contributed by atoms with Gasteiger partial charge in [0.25, 0.3) is 0 Å². The van der Waals surface area contributed by atoms with Gasteiger partial charge in [0, 0.05) is 65.5 Å². The molecular formula is C60H44F6N4O3. The van der Waals surface area contributed by atoms with Crippen LogP contribution < -0.4 is 0 Å². The Bertz CT molecular complexity index is 3170. The lowest BCUT2D eigenvalue weighted by Gasteiger charge is -2.21. The molecule has 0 aromatic heterocycles. The molecular weight excluding hydrogens is 939 g/mol. The van der Waals surface area contributed by atoms with Crippen molar-refractivity contribution in [1.29, 1.82) is 0 Å². The van der Waals surface area contributed by atoms with E-state index in [1.165, 1.54) is 24.3 Å². The molecule has 0 saturated carbocycles. The van der Waals surface area contributed by atoms with E-state index in [0.29, 0.717) is 33.4 Å². The number of hydrogen-bond acceptors (Lipinski definition) is 7. The van der Waals surface area contributed by atoms with E-state index >= 15 is 0 Å². The molecule has 1 heterocycles. The number of benzene rings is 6. The number of carbonyl (C=O) groups is 2. The van der Waals surface area contributed by atoms with Crippen molar-refractivity contribution in [3.63, 3.8) is 0 Å². The predicted molar refractivity (Wildman–Crippen MR) is 266 cm³/mol. The Balaban J connectivity index is 1.18. The van der Waals surface area contributed by atoms with Gasteiger partial charge < -0.3 is 4.74 Å². The number of ketones is 2. The molecule has 0 N–H and O–H groups in total. The van der Waals surface area contributed by atoms with Gasteiger partial charge in [-0.25, -0.2) is 0 Å². The first kappa shape index (κ1) is 49.4. The highest BCUT2D eigenvalue weighted by molar-refractivity contribution is 6.11. The van der Waals surface area contributed by atoms with Gasteiger partial charge in [0.2, 0.25) is 0 Å². The average molecular weight is 983 g/mol. The van der Waals surface area contributed by atoms with Crippen molar-refractivity contribution in [1.82, 2.24) is 0 Å². The van der Waals surface area contributed by atoms with Crippen LogP contribution in [-0.4, -0.2) is 17.7 Å². The van der Waals surface area contributed by atoms with Crippen molar-refractivity contribution >= 4 is 22.9 Å². The van der Waals surface area contributed by atoms with E-state index in [1.807, 2.05) is 121 Å². The predicted octanol–water partition coefficient (Wildman–Crippen LogP) is 15.6. The zero-order valence-corrected chi connectivity index (χ0v) is 38.9. The molecule has 73 heavy (non-hydrogen) atoms. The standard InChI is InChI=1S/C60H44F6N4O3/c61-59(62,63)49-21-25-51(26-22-49)67-69-55(43-35-45(31-39-13-5-1-6-14-39)57(71)46(36-43)32-40-15-7-2-8-16-40)53-29-30-54(73-53)56(70-68-52-27-23-50(24-28-52)60(64,65)66)44-37-47(33-41-17-9-3-10-18-41)58(72)48(38-44)34-42-19-11-4-12-20-42/h1-29,35-38,54H,30-34H2. The van der Waals surface area contributed by atoms with E-state index in [0.717, 1.165) is 46.5 Å². The number of Topliss-reactive ketones (excluding diaryl/α,β-unsaturated/α-hetero) is 2. The highest BCUT2D eigenvalue weighted by atomic mass is 19.4. The van der Waals surface area contributed by atoms with Crippen LogP contribution in [0.5, 0.6) is 0 Å². The van der Waals surface area contributed by atoms with E-state index in [4.69, 9.17) is 4.74 Å². The molecule has 2 aliphatic carbocycles. The molecule has 0 saturated heterocycles. The summed E-state index contributed by atoms with van der Waals surface area (Å²) in [6, 6.07) is 46.4. The summed E-state index contributed by atoms with van der Waals surface area (Å²) in [5, 5.41) is 18.2. The van der Waals surface area contributed by atoms with Crippen molar-refractivity contribution in [2.45, 2.75) is 50.6 Å². The molecule has 3 aliphatic rings. The Morgan fingerprint density at radius 2 is 0.795 bits per heavy atom. The minimum atomic E-state index is -4.58. The van der Waals surface area contributed by atoms with Crippen molar-refractivity contribution in [2.75, 3.05) is 0 Å². The molecule has 6 aromatic rings. The Morgan fingerprint density at radius 1 is 0.452 bits per heavy atom. The molecule has 0 radical (unpaired) electrons. The molecule has 0 amide bonds. The van der Waals surface area contributed by atoms with Crippen molar-refractivity contribution in [3.8, 4) is 0 Å². The second-order valence-electron chi connectivity index (χ2n) is 17.5. The van der Waals surface area contributed by atoms with Crippen LogP contribution >= 0.6 is 0 Å². The number of rotatable bonds is 14. The molecule has 6 aromatic carbocycles. The maximum atomic E-state index is 14.3. The maximum absolute atomic E-state index is 14.3. The molecule has 9 rings (SSSR count). The monoisotopic (exact) mass is 982 g/mol. The first-order chi connectivity index (χ1) is 35.2. The fraction of sp³-hybridized carbons (Fsp3) is 0.133. The van der Waals surface area contributed by atoms with Crippen molar-refractivity contribution < 1.29 is 40.7 Å². The SMILES string of the molecule is O=C1C(Cc2ccccc2)=CC(=C(N=Nc2ccc(C(F)(F)F)cc2)C2=CCC(C(N=Nc3ccc(C(F)(F)F)cc3)=C3C=C(Cc4ccccc4)C(=O)C(Cc4ccccc4)=C3)O2)C=C1Cc1ccccc1. The van der Waals surface area contributed by atoms with E-state index < -0.39 is 29.6 Å². The summed E-state index contributed by atoms with van der Waals surface area (Å²) in [6.45, 7) is 0. The molecule has 7 nitrogen and oxygen atoms in total. The third kappa shape index (κ3) is 12.5. The Hall–Kier alpha value is -8.58. The Kier molecular flexibility index (Phi) is 14.8. The van der Waals surface area contributed by atoms with Gasteiger partial charge in [0.15, 0.2) is 11.6 Å². The van der Waals surface area contributed by atoms with Gasteiger partial charge in [-0.15, -0.1) is 5.11 Å². The molecule has 1 unspecified atom stereocenters. The lowest BCUT2D eigenvalue weighted by Crippen LogP contribution is -2.18. The number of carbonyl (C=O) groups excluding carboxylic acids is 2. The highest BCUT2D eigenvalue weighted by Crippen LogP contribution is 2.39. The maximum Gasteiger partial charge on any atom is 0.416 e. The fourth-order valence-electron chi connectivity index (χ4n) is 8.58. The van der Waals surface area contributed by atoms with Crippen molar-refractivity contribution in [3.05, 3.63) is 284 Å². The molecule has 364 valence electrons. The van der Waals surface area contributed by atoms with E-state index in [9.17, 15) is 35.9 Å². The summed E-state index contributed by atoms with van der Waals surface area (Å²) in [5.41, 5.74) is 5.23. The number of allylic oxidation sites excluding steroid dienone is 10. The first-order valence-electron chi connectivity index (χ1n) is 23.3. The molecule has 0 fully saturated rings. The van der Waals surface area contributed by atoms with Gasteiger partial charge in [-0.2, -0.15) is 41.7 Å². The molecule has 0 spiro atoms. The van der Waals surface area contributed by atoms with E-state index in [-0.39, 0.29) is 72.2 Å². The van der Waals surface area contributed by atoms with Gasteiger partial charge in [-0.3, -0.25) is 9.59 Å². The smallest absolute Gasteiger partial charge is 0.416 e. The Labute approximate surface area is 417 Å². The summed E-state index contributed by atoms with van der Waals surface area (Å²) in [5.74, 6) is -0.138. The molecule has 1 atom stereocenters. The average Bonchev–Trinajstić information content (AvgIpc) is 3.87. The van der Waals surface area contributed by atoms with E-state index in [2.05, 4.69) is 20.5 Å². The van der Waals surface area contributed by atoms with Gasteiger partial charge in [0.05, 0.1) is 22.5 Å². The Morgan fingerprint density at radius 3 is 1.15 bits per heavy atom. The van der Waals surface area contributed by atoms with Crippen LogP contribution in [0, 0.1) is 0 Å². The number of halogens is 6. The summed E-state index contributed by atoms with van der Waals surface area (Å²) in [6.07, 6.45) is -0.149. The second-order valence-corrected chi connectivity index (χ2v) is 17.5. The largest absolute Gasteiger partial charge is 0.482 e. The number of azo groups is 2. The zero-order chi connectivity index (χ0) is 51.0.